The number of ether oxygens (including phenoxy) is 2. The molecule has 0 spiro atoms. The van der Waals surface area contributed by atoms with Gasteiger partial charge in [-0.1, -0.05) is 12.1 Å². The highest BCUT2D eigenvalue weighted by Crippen LogP contribution is 2.35. The van der Waals surface area contributed by atoms with Crippen LogP contribution >= 0.6 is 0 Å². The van der Waals surface area contributed by atoms with E-state index in [4.69, 9.17) is 9.47 Å². The fourth-order valence-corrected chi connectivity index (χ4v) is 3.02. The second-order valence-corrected chi connectivity index (χ2v) is 6.16. The van der Waals surface area contributed by atoms with Gasteiger partial charge in [-0.3, -0.25) is 0 Å². The summed E-state index contributed by atoms with van der Waals surface area (Å²) in [5.74, 6) is -0.227. The van der Waals surface area contributed by atoms with Crippen LogP contribution in [0, 0.1) is 0 Å². The summed E-state index contributed by atoms with van der Waals surface area (Å²) >= 11 is 0. The largest absolute Gasteiger partial charge is 0.497 e. The van der Waals surface area contributed by atoms with Crippen molar-refractivity contribution in [1.82, 2.24) is 10.6 Å². The van der Waals surface area contributed by atoms with E-state index in [0.717, 1.165) is 19.2 Å². The van der Waals surface area contributed by atoms with Crippen molar-refractivity contribution in [2.24, 2.45) is 0 Å². The van der Waals surface area contributed by atoms with Crippen molar-refractivity contribution in [3.63, 3.8) is 0 Å². The number of hydrogen-bond acceptors (Lipinski definition) is 4. The standard InChI is InChI=1S/C20H17F3N2O4/c1-28-14-8-6-11(7-9-14)16-15(18(26)29-2)17(25-19(27)24-16)12-4-3-5-13(10-12)20(21,22)23/h3-10,17H,1-2H3,(H2,24,25,27). The van der Waals surface area contributed by atoms with E-state index in [0.29, 0.717) is 11.3 Å². The molecule has 2 amide bonds. The molecular weight excluding hydrogens is 389 g/mol. The predicted octanol–water partition coefficient (Wildman–Crippen LogP) is 3.65. The first-order chi connectivity index (χ1) is 13.7. The van der Waals surface area contributed by atoms with Crippen LogP contribution in [0.4, 0.5) is 18.0 Å². The highest BCUT2D eigenvalue weighted by Gasteiger charge is 2.36. The molecule has 9 heteroatoms. The summed E-state index contributed by atoms with van der Waals surface area (Å²) in [6.45, 7) is 0. The zero-order valence-corrected chi connectivity index (χ0v) is 15.5. The maximum absolute atomic E-state index is 13.1. The van der Waals surface area contributed by atoms with E-state index < -0.39 is 29.8 Å². The van der Waals surface area contributed by atoms with Gasteiger partial charge in [0.05, 0.1) is 37.1 Å². The van der Waals surface area contributed by atoms with Gasteiger partial charge in [-0.25, -0.2) is 9.59 Å². The van der Waals surface area contributed by atoms with Crippen LogP contribution < -0.4 is 15.4 Å². The number of rotatable bonds is 4. The van der Waals surface area contributed by atoms with Crippen molar-refractivity contribution in [3.8, 4) is 5.75 Å². The van der Waals surface area contributed by atoms with Crippen molar-refractivity contribution >= 4 is 17.7 Å². The molecule has 152 valence electrons. The van der Waals surface area contributed by atoms with Gasteiger partial charge in [0, 0.05) is 0 Å². The van der Waals surface area contributed by atoms with Gasteiger partial charge in [0.2, 0.25) is 0 Å². The van der Waals surface area contributed by atoms with E-state index >= 15 is 0 Å². The van der Waals surface area contributed by atoms with Gasteiger partial charge >= 0.3 is 18.2 Å². The third kappa shape index (κ3) is 4.18. The summed E-state index contributed by atoms with van der Waals surface area (Å²) in [5, 5.41) is 5.04. The lowest BCUT2D eigenvalue weighted by atomic mass is 9.91. The summed E-state index contributed by atoms with van der Waals surface area (Å²) in [6.07, 6.45) is -4.57. The lowest BCUT2D eigenvalue weighted by Crippen LogP contribution is -2.45. The quantitative estimate of drug-likeness (QED) is 0.760. The van der Waals surface area contributed by atoms with Crippen LogP contribution in [0.25, 0.3) is 5.70 Å². The predicted molar refractivity (Wildman–Crippen MR) is 97.8 cm³/mol. The minimum atomic E-state index is -4.57. The summed E-state index contributed by atoms with van der Waals surface area (Å²) in [6, 6.07) is 9.13. The number of carbonyl (C=O) groups is 2. The Morgan fingerprint density at radius 1 is 1.07 bits per heavy atom. The fraction of sp³-hybridized carbons (Fsp3) is 0.200. The number of nitrogens with one attached hydrogen (secondary N) is 2. The molecule has 0 radical (unpaired) electrons. The highest BCUT2D eigenvalue weighted by atomic mass is 19.4. The number of halogens is 3. The molecule has 0 saturated carbocycles. The first-order valence-corrected chi connectivity index (χ1v) is 8.46. The smallest absolute Gasteiger partial charge is 0.416 e. The van der Waals surface area contributed by atoms with E-state index in [1.807, 2.05) is 0 Å². The normalized spacial score (nSPS) is 16.7. The summed E-state index contributed by atoms with van der Waals surface area (Å²) in [5.41, 5.74) is -0.195. The van der Waals surface area contributed by atoms with Gasteiger partial charge in [-0.15, -0.1) is 0 Å². The highest BCUT2D eigenvalue weighted by molar-refractivity contribution is 6.04. The molecule has 3 rings (SSSR count). The molecule has 1 aliphatic heterocycles. The second-order valence-electron chi connectivity index (χ2n) is 6.16. The van der Waals surface area contributed by atoms with Crippen LogP contribution in [-0.4, -0.2) is 26.2 Å². The second kappa shape index (κ2) is 7.86. The van der Waals surface area contributed by atoms with E-state index in [2.05, 4.69) is 10.6 Å². The number of amides is 2. The maximum atomic E-state index is 13.1. The first kappa shape index (κ1) is 20.2. The van der Waals surface area contributed by atoms with Crippen LogP contribution in [0.2, 0.25) is 0 Å². The topological polar surface area (TPSA) is 76.7 Å². The average molecular weight is 406 g/mol. The van der Waals surface area contributed by atoms with E-state index in [1.54, 1.807) is 24.3 Å². The third-order valence-electron chi connectivity index (χ3n) is 4.40. The number of esters is 1. The molecule has 0 aliphatic carbocycles. The van der Waals surface area contributed by atoms with Gasteiger partial charge in [0.15, 0.2) is 0 Å². The van der Waals surface area contributed by atoms with E-state index in [9.17, 15) is 22.8 Å². The Morgan fingerprint density at radius 2 is 1.76 bits per heavy atom. The van der Waals surface area contributed by atoms with Crippen molar-refractivity contribution in [2.45, 2.75) is 12.2 Å². The lowest BCUT2D eigenvalue weighted by molar-refractivity contribution is -0.137. The molecular formula is C20H17F3N2O4. The Labute approximate surface area is 164 Å². The Bertz CT molecular complexity index is 968. The van der Waals surface area contributed by atoms with Crippen LogP contribution in [0.15, 0.2) is 54.1 Å². The molecule has 2 aromatic carbocycles. The van der Waals surface area contributed by atoms with E-state index in [1.165, 1.54) is 19.2 Å². The van der Waals surface area contributed by atoms with Crippen LogP contribution in [0.3, 0.4) is 0 Å². The Hall–Kier alpha value is -3.49. The first-order valence-electron chi connectivity index (χ1n) is 8.46. The van der Waals surface area contributed by atoms with Crippen molar-refractivity contribution in [1.29, 1.82) is 0 Å². The average Bonchev–Trinajstić information content (AvgIpc) is 2.72. The number of benzene rings is 2. The molecule has 0 bridgehead atoms. The molecule has 1 aliphatic rings. The monoisotopic (exact) mass is 406 g/mol. The minimum absolute atomic E-state index is 0.0170. The number of carbonyl (C=O) groups excluding carboxylic acids is 2. The molecule has 0 aromatic heterocycles. The van der Waals surface area contributed by atoms with Gasteiger partial charge in [0.1, 0.15) is 5.75 Å². The van der Waals surface area contributed by atoms with E-state index in [-0.39, 0.29) is 16.8 Å². The Kier molecular flexibility index (Phi) is 5.49. The summed E-state index contributed by atoms with van der Waals surface area (Å²) in [4.78, 5) is 24.8. The van der Waals surface area contributed by atoms with Gasteiger partial charge in [-0.2, -0.15) is 13.2 Å². The van der Waals surface area contributed by atoms with Gasteiger partial charge < -0.3 is 20.1 Å². The number of hydrogen-bond donors (Lipinski definition) is 2. The lowest BCUT2D eigenvalue weighted by Gasteiger charge is -2.29. The van der Waals surface area contributed by atoms with Gasteiger partial charge in [0.25, 0.3) is 0 Å². The van der Waals surface area contributed by atoms with Crippen LogP contribution in [0.1, 0.15) is 22.7 Å². The van der Waals surface area contributed by atoms with Crippen molar-refractivity contribution < 1.29 is 32.2 Å². The molecule has 1 atom stereocenters. The molecule has 29 heavy (non-hydrogen) atoms. The van der Waals surface area contributed by atoms with Crippen LogP contribution in [-0.2, 0) is 15.7 Å². The molecule has 0 saturated heterocycles. The minimum Gasteiger partial charge on any atom is -0.497 e. The Balaban J connectivity index is 2.17. The maximum Gasteiger partial charge on any atom is 0.416 e. The molecule has 2 N–H and O–H groups in total. The molecule has 1 heterocycles. The third-order valence-corrected chi connectivity index (χ3v) is 4.40. The van der Waals surface area contributed by atoms with Crippen LogP contribution in [0.5, 0.6) is 5.75 Å². The zero-order valence-electron chi connectivity index (χ0n) is 15.5. The van der Waals surface area contributed by atoms with Gasteiger partial charge in [-0.05, 0) is 47.5 Å². The zero-order chi connectivity index (χ0) is 21.2. The number of alkyl halides is 3. The summed E-state index contributed by atoms with van der Waals surface area (Å²) in [7, 11) is 2.64. The van der Waals surface area contributed by atoms with Crippen molar-refractivity contribution in [3.05, 3.63) is 70.8 Å². The SMILES string of the molecule is COC(=O)C1=C(c2ccc(OC)cc2)NC(=O)NC1c1cccc(C(F)(F)F)c1. The number of methoxy groups -OCH3 is 2. The number of urea groups is 1. The Morgan fingerprint density at radius 3 is 2.34 bits per heavy atom. The molecule has 0 fully saturated rings. The molecule has 6 nitrogen and oxygen atoms in total. The van der Waals surface area contributed by atoms with Crippen molar-refractivity contribution in [2.75, 3.05) is 14.2 Å². The summed E-state index contributed by atoms with van der Waals surface area (Å²) < 4.78 is 49.3. The molecule has 2 aromatic rings. The molecule has 1 unspecified atom stereocenters. The fourth-order valence-electron chi connectivity index (χ4n) is 3.02.